The summed E-state index contributed by atoms with van der Waals surface area (Å²) in [5.41, 5.74) is 3.08. The maximum Gasteiger partial charge on any atom is 0.246 e. The molecule has 0 spiro atoms. The molecule has 5 heteroatoms. The first-order valence-electron chi connectivity index (χ1n) is 9.13. The van der Waals surface area contributed by atoms with Crippen LogP contribution in [-0.4, -0.2) is 49.5 Å². The van der Waals surface area contributed by atoms with Crippen molar-refractivity contribution in [3.8, 4) is 5.75 Å². The second-order valence-corrected chi connectivity index (χ2v) is 6.99. The average molecular weight is 368 g/mol. The highest BCUT2D eigenvalue weighted by atomic mass is 19.1. The van der Waals surface area contributed by atoms with Crippen LogP contribution in [0.25, 0.3) is 6.08 Å². The molecule has 142 valence electrons. The van der Waals surface area contributed by atoms with Crippen molar-refractivity contribution in [3.63, 3.8) is 0 Å². The molecule has 0 fully saturated rings. The lowest BCUT2D eigenvalue weighted by atomic mass is 10.1. The fourth-order valence-corrected chi connectivity index (χ4v) is 2.98. The Morgan fingerprint density at radius 1 is 1.15 bits per heavy atom. The Balaban J connectivity index is 1.70. The molecule has 27 heavy (non-hydrogen) atoms. The molecule has 0 aliphatic carbocycles. The summed E-state index contributed by atoms with van der Waals surface area (Å²) in [6.07, 6.45) is 4.36. The third-order valence-corrected chi connectivity index (χ3v) is 4.55. The van der Waals surface area contributed by atoms with Crippen molar-refractivity contribution in [2.75, 3.05) is 33.8 Å². The lowest BCUT2D eigenvalue weighted by Gasteiger charge is -2.23. The van der Waals surface area contributed by atoms with Crippen LogP contribution in [0, 0.1) is 5.82 Å². The van der Waals surface area contributed by atoms with Crippen LogP contribution in [0.1, 0.15) is 16.7 Å². The summed E-state index contributed by atoms with van der Waals surface area (Å²) >= 11 is 0. The van der Waals surface area contributed by atoms with E-state index in [0.717, 1.165) is 36.4 Å². The van der Waals surface area contributed by atoms with Crippen molar-refractivity contribution in [2.24, 2.45) is 0 Å². The predicted molar refractivity (Wildman–Crippen MR) is 105 cm³/mol. The molecular formula is C22H25FN2O2. The Hall–Kier alpha value is -2.66. The molecule has 4 nitrogen and oxygen atoms in total. The van der Waals surface area contributed by atoms with Gasteiger partial charge in [0.05, 0.1) is 6.61 Å². The molecule has 0 saturated heterocycles. The van der Waals surface area contributed by atoms with Crippen molar-refractivity contribution < 1.29 is 13.9 Å². The van der Waals surface area contributed by atoms with E-state index in [1.807, 2.05) is 37.2 Å². The number of hydrogen-bond donors (Lipinski definition) is 0. The molecule has 0 unspecified atom stereocenters. The summed E-state index contributed by atoms with van der Waals surface area (Å²) in [7, 11) is 3.95. The van der Waals surface area contributed by atoms with Gasteiger partial charge < -0.3 is 14.5 Å². The zero-order valence-electron chi connectivity index (χ0n) is 15.8. The number of carbonyl (C=O) groups excluding carboxylic acids is 1. The molecule has 2 aromatic rings. The standard InChI is InChI=1S/C22H25FN2O2/c1-24(2)12-13-25(16-18-3-7-20(23)8-4-18)22(26)10-6-17-5-9-21-19(15-17)11-14-27-21/h3-10,15H,11-14,16H2,1-2H3. The second-order valence-electron chi connectivity index (χ2n) is 6.99. The maximum atomic E-state index is 13.1. The minimum Gasteiger partial charge on any atom is -0.493 e. The Morgan fingerprint density at radius 3 is 2.67 bits per heavy atom. The van der Waals surface area contributed by atoms with Gasteiger partial charge >= 0.3 is 0 Å². The molecule has 1 heterocycles. The predicted octanol–water partition coefficient (Wildman–Crippen LogP) is 3.36. The van der Waals surface area contributed by atoms with Crippen molar-refractivity contribution in [1.82, 2.24) is 9.80 Å². The smallest absolute Gasteiger partial charge is 0.246 e. The van der Waals surface area contributed by atoms with E-state index in [1.54, 1.807) is 23.1 Å². The zero-order chi connectivity index (χ0) is 19.2. The summed E-state index contributed by atoms with van der Waals surface area (Å²) in [6, 6.07) is 12.3. The van der Waals surface area contributed by atoms with E-state index in [-0.39, 0.29) is 11.7 Å². The monoisotopic (exact) mass is 368 g/mol. The van der Waals surface area contributed by atoms with Crippen LogP contribution in [0.15, 0.2) is 48.5 Å². The van der Waals surface area contributed by atoms with Gasteiger partial charge in [-0.1, -0.05) is 18.2 Å². The number of halogens is 1. The van der Waals surface area contributed by atoms with Gasteiger partial charge in [-0.3, -0.25) is 4.79 Å². The molecule has 2 aromatic carbocycles. The van der Waals surface area contributed by atoms with Gasteiger partial charge in [-0.25, -0.2) is 4.39 Å². The van der Waals surface area contributed by atoms with Crippen LogP contribution < -0.4 is 4.74 Å². The van der Waals surface area contributed by atoms with E-state index in [0.29, 0.717) is 13.1 Å². The third kappa shape index (κ3) is 5.41. The molecule has 3 rings (SSSR count). The number of benzene rings is 2. The Bertz CT molecular complexity index is 816. The van der Waals surface area contributed by atoms with Gasteiger partial charge in [0.15, 0.2) is 0 Å². The Morgan fingerprint density at radius 2 is 1.93 bits per heavy atom. The topological polar surface area (TPSA) is 32.8 Å². The zero-order valence-corrected chi connectivity index (χ0v) is 15.8. The summed E-state index contributed by atoms with van der Waals surface area (Å²) in [5.74, 6) is 0.603. The van der Waals surface area contributed by atoms with Gasteiger partial charge in [-0.05, 0) is 61.1 Å². The highest BCUT2D eigenvalue weighted by molar-refractivity contribution is 5.91. The molecule has 0 saturated carbocycles. The van der Waals surface area contributed by atoms with Gasteiger partial charge in [0.2, 0.25) is 5.91 Å². The summed E-state index contributed by atoms with van der Waals surface area (Å²) in [6.45, 7) is 2.54. The van der Waals surface area contributed by atoms with E-state index in [2.05, 4.69) is 6.07 Å². The minimum atomic E-state index is -0.273. The van der Waals surface area contributed by atoms with Crippen molar-refractivity contribution >= 4 is 12.0 Å². The lowest BCUT2D eigenvalue weighted by Crippen LogP contribution is -2.35. The van der Waals surface area contributed by atoms with Gasteiger partial charge in [0.25, 0.3) is 0 Å². The van der Waals surface area contributed by atoms with Crippen LogP contribution in [0.2, 0.25) is 0 Å². The fraction of sp³-hybridized carbons (Fsp3) is 0.318. The SMILES string of the molecule is CN(C)CCN(Cc1ccc(F)cc1)C(=O)C=Cc1ccc2c(c1)CCO2. The fourth-order valence-electron chi connectivity index (χ4n) is 2.98. The largest absolute Gasteiger partial charge is 0.493 e. The summed E-state index contributed by atoms with van der Waals surface area (Å²) < 4.78 is 18.6. The molecule has 0 atom stereocenters. The van der Waals surface area contributed by atoms with E-state index >= 15 is 0 Å². The second kappa shape index (κ2) is 8.82. The normalized spacial score (nSPS) is 13.0. The number of amides is 1. The van der Waals surface area contributed by atoms with E-state index in [1.165, 1.54) is 17.7 Å². The van der Waals surface area contributed by atoms with Crippen molar-refractivity contribution in [2.45, 2.75) is 13.0 Å². The van der Waals surface area contributed by atoms with Gasteiger partial charge in [0.1, 0.15) is 11.6 Å². The van der Waals surface area contributed by atoms with E-state index < -0.39 is 0 Å². The Labute approximate surface area is 159 Å². The number of fused-ring (bicyclic) bond motifs is 1. The van der Waals surface area contributed by atoms with Gasteiger partial charge in [-0.15, -0.1) is 0 Å². The number of likely N-dealkylation sites (N-methyl/N-ethyl adjacent to an activating group) is 1. The van der Waals surface area contributed by atoms with Gasteiger partial charge in [0, 0.05) is 32.1 Å². The lowest BCUT2D eigenvalue weighted by molar-refractivity contribution is -0.126. The van der Waals surface area contributed by atoms with Crippen molar-refractivity contribution in [3.05, 3.63) is 71.0 Å². The summed E-state index contributed by atoms with van der Waals surface area (Å²) in [4.78, 5) is 16.6. The number of hydrogen-bond acceptors (Lipinski definition) is 3. The van der Waals surface area contributed by atoms with Gasteiger partial charge in [-0.2, -0.15) is 0 Å². The molecule has 0 N–H and O–H groups in total. The van der Waals surface area contributed by atoms with Crippen LogP contribution in [0.4, 0.5) is 4.39 Å². The third-order valence-electron chi connectivity index (χ3n) is 4.55. The number of carbonyl (C=O) groups is 1. The van der Waals surface area contributed by atoms with Crippen molar-refractivity contribution in [1.29, 1.82) is 0 Å². The van der Waals surface area contributed by atoms with E-state index in [9.17, 15) is 9.18 Å². The first-order chi connectivity index (χ1) is 13.0. The molecule has 0 radical (unpaired) electrons. The molecule has 1 aliphatic heterocycles. The van der Waals surface area contributed by atoms with Crippen LogP contribution in [0.5, 0.6) is 5.75 Å². The molecular weight excluding hydrogens is 343 g/mol. The highest BCUT2D eigenvalue weighted by Crippen LogP contribution is 2.26. The Kier molecular flexibility index (Phi) is 6.24. The number of nitrogens with zero attached hydrogens (tertiary/aromatic N) is 2. The molecule has 1 aliphatic rings. The number of rotatable bonds is 7. The minimum absolute atomic E-state index is 0.0575. The summed E-state index contributed by atoms with van der Waals surface area (Å²) in [5, 5.41) is 0. The first-order valence-corrected chi connectivity index (χ1v) is 9.13. The molecule has 1 amide bonds. The average Bonchev–Trinajstić information content (AvgIpc) is 3.12. The van der Waals surface area contributed by atoms with E-state index in [4.69, 9.17) is 4.74 Å². The van der Waals surface area contributed by atoms with Crippen LogP contribution >= 0.6 is 0 Å². The van der Waals surface area contributed by atoms with Crippen LogP contribution in [-0.2, 0) is 17.8 Å². The van der Waals surface area contributed by atoms with Crippen LogP contribution in [0.3, 0.4) is 0 Å². The number of ether oxygens (including phenoxy) is 1. The maximum absolute atomic E-state index is 13.1. The first kappa shape index (κ1) is 19.1. The molecule has 0 bridgehead atoms. The molecule has 0 aromatic heterocycles. The quantitative estimate of drug-likeness (QED) is 0.703. The highest BCUT2D eigenvalue weighted by Gasteiger charge is 2.13.